The van der Waals surface area contributed by atoms with Gasteiger partial charge in [-0.25, -0.2) is 0 Å². The van der Waals surface area contributed by atoms with Crippen molar-refractivity contribution in [2.75, 3.05) is 42.8 Å². The molecule has 1 aliphatic rings. The smallest absolute Gasteiger partial charge is 0.157 e. The van der Waals surface area contributed by atoms with Gasteiger partial charge in [0.15, 0.2) is 5.17 Å². The van der Waals surface area contributed by atoms with Crippen molar-refractivity contribution >= 4 is 52.3 Å². The molecule has 18 heavy (non-hydrogen) atoms. The first-order chi connectivity index (χ1) is 8.31. The average molecular weight is 379 g/mol. The van der Waals surface area contributed by atoms with Crippen LogP contribution in [0.3, 0.4) is 0 Å². The molecule has 0 radical (unpaired) electrons. The Morgan fingerprint density at radius 3 is 2.67 bits per heavy atom. The zero-order valence-corrected chi connectivity index (χ0v) is 13.5. The van der Waals surface area contributed by atoms with Crippen LogP contribution in [0.5, 0.6) is 0 Å². The number of benzene rings is 1. The topological polar surface area (TPSA) is 48.4 Å². The second-order valence-corrected chi connectivity index (χ2v) is 4.59. The third kappa shape index (κ3) is 4.03. The van der Waals surface area contributed by atoms with Crippen molar-refractivity contribution in [3.8, 4) is 0 Å². The Morgan fingerprint density at radius 2 is 2.00 bits per heavy atom. The first-order valence-electron chi connectivity index (χ1n) is 5.62. The molecule has 1 aromatic carbocycles. The van der Waals surface area contributed by atoms with Crippen molar-refractivity contribution in [3.63, 3.8) is 0 Å². The number of amidine groups is 1. The molecule has 2 N–H and O–H groups in total. The van der Waals surface area contributed by atoms with Crippen LogP contribution >= 0.6 is 35.7 Å². The lowest BCUT2D eigenvalue weighted by Gasteiger charge is -2.30. The van der Waals surface area contributed by atoms with Crippen molar-refractivity contribution in [1.29, 1.82) is 5.41 Å². The monoisotopic (exact) mass is 379 g/mol. The van der Waals surface area contributed by atoms with Gasteiger partial charge < -0.3 is 15.0 Å². The van der Waals surface area contributed by atoms with Crippen LogP contribution in [-0.4, -0.2) is 37.7 Å². The van der Waals surface area contributed by atoms with Gasteiger partial charge in [-0.3, -0.25) is 5.41 Å². The number of nitrogens with one attached hydrogen (secondary N) is 2. The normalized spacial score (nSPS) is 14.8. The van der Waals surface area contributed by atoms with E-state index >= 15 is 0 Å². The summed E-state index contributed by atoms with van der Waals surface area (Å²) in [4.78, 5) is 2.29. The summed E-state index contributed by atoms with van der Waals surface area (Å²) >= 11 is 1.40. The van der Waals surface area contributed by atoms with E-state index in [-0.39, 0.29) is 24.0 Å². The number of para-hydroxylation sites is 2. The molecule has 1 aromatic rings. The van der Waals surface area contributed by atoms with Crippen LogP contribution in [0.4, 0.5) is 11.4 Å². The minimum absolute atomic E-state index is 0. The van der Waals surface area contributed by atoms with E-state index in [9.17, 15) is 0 Å². The molecule has 100 valence electrons. The fourth-order valence-electron chi connectivity index (χ4n) is 1.83. The second-order valence-electron chi connectivity index (χ2n) is 3.77. The average Bonchev–Trinajstić information content (AvgIpc) is 2.40. The summed E-state index contributed by atoms with van der Waals surface area (Å²) in [6, 6.07) is 8.11. The molecule has 0 bridgehead atoms. The molecule has 1 heterocycles. The number of thioether (sulfide) groups is 1. The zero-order valence-electron chi connectivity index (χ0n) is 10.3. The van der Waals surface area contributed by atoms with E-state index in [1.807, 2.05) is 24.5 Å². The number of morpholine rings is 1. The van der Waals surface area contributed by atoms with Crippen molar-refractivity contribution in [1.82, 2.24) is 0 Å². The highest BCUT2D eigenvalue weighted by molar-refractivity contribution is 14.0. The molecular weight excluding hydrogens is 361 g/mol. The number of hydrogen-bond acceptors (Lipinski definition) is 4. The molecule has 0 aliphatic carbocycles. The van der Waals surface area contributed by atoms with Crippen molar-refractivity contribution < 1.29 is 4.74 Å². The number of halogens is 1. The Hall–Kier alpha value is -0.470. The number of nitrogens with zero attached hydrogens (tertiary/aromatic N) is 1. The number of hydrogen-bond donors (Lipinski definition) is 2. The van der Waals surface area contributed by atoms with Crippen LogP contribution in [-0.2, 0) is 4.74 Å². The molecule has 1 saturated heterocycles. The van der Waals surface area contributed by atoms with Crippen molar-refractivity contribution in [2.24, 2.45) is 0 Å². The van der Waals surface area contributed by atoms with Crippen LogP contribution < -0.4 is 10.2 Å². The maximum absolute atomic E-state index is 7.69. The van der Waals surface area contributed by atoms with Crippen LogP contribution in [0.15, 0.2) is 24.3 Å². The van der Waals surface area contributed by atoms with Gasteiger partial charge in [-0.05, 0) is 18.4 Å². The summed E-state index contributed by atoms with van der Waals surface area (Å²) in [7, 11) is 0. The lowest BCUT2D eigenvalue weighted by atomic mass is 10.2. The van der Waals surface area contributed by atoms with Gasteiger partial charge in [0.2, 0.25) is 0 Å². The SMILES string of the molecule is CSC(=N)Nc1ccccc1N1CCOCC1.I. The van der Waals surface area contributed by atoms with Gasteiger partial charge in [0, 0.05) is 13.1 Å². The van der Waals surface area contributed by atoms with E-state index in [0.717, 1.165) is 37.7 Å². The maximum Gasteiger partial charge on any atom is 0.157 e. The maximum atomic E-state index is 7.69. The molecule has 0 atom stereocenters. The van der Waals surface area contributed by atoms with Gasteiger partial charge in [-0.15, -0.1) is 24.0 Å². The lowest BCUT2D eigenvalue weighted by Crippen LogP contribution is -2.36. The second kappa shape index (κ2) is 7.85. The minimum Gasteiger partial charge on any atom is -0.378 e. The number of rotatable bonds is 2. The van der Waals surface area contributed by atoms with E-state index in [0.29, 0.717) is 5.17 Å². The summed E-state index contributed by atoms with van der Waals surface area (Å²) in [5, 5.41) is 11.3. The van der Waals surface area contributed by atoms with Gasteiger partial charge in [-0.1, -0.05) is 23.9 Å². The van der Waals surface area contributed by atoms with E-state index in [1.165, 1.54) is 11.8 Å². The largest absolute Gasteiger partial charge is 0.378 e. The zero-order chi connectivity index (χ0) is 12.1. The van der Waals surface area contributed by atoms with Gasteiger partial charge >= 0.3 is 0 Å². The molecule has 1 aliphatic heterocycles. The highest BCUT2D eigenvalue weighted by Gasteiger charge is 2.14. The van der Waals surface area contributed by atoms with Crippen LogP contribution in [0.1, 0.15) is 0 Å². The number of ether oxygens (including phenoxy) is 1. The van der Waals surface area contributed by atoms with Crippen LogP contribution in [0.25, 0.3) is 0 Å². The van der Waals surface area contributed by atoms with Gasteiger partial charge in [0.05, 0.1) is 24.6 Å². The Kier molecular flexibility index (Phi) is 6.80. The van der Waals surface area contributed by atoms with Gasteiger partial charge in [0.1, 0.15) is 0 Å². The Balaban J connectivity index is 0.00000162. The first kappa shape index (κ1) is 15.6. The Bertz CT molecular complexity index is 397. The van der Waals surface area contributed by atoms with E-state index in [1.54, 1.807) is 0 Å². The predicted molar refractivity (Wildman–Crippen MR) is 89.8 cm³/mol. The molecule has 0 amide bonds. The molecule has 0 unspecified atom stereocenters. The third-order valence-corrected chi connectivity index (χ3v) is 3.22. The highest BCUT2D eigenvalue weighted by atomic mass is 127. The summed E-state index contributed by atoms with van der Waals surface area (Å²) < 4.78 is 5.35. The summed E-state index contributed by atoms with van der Waals surface area (Å²) in [5.74, 6) is 0. The predicted octanol–water partition coefficient (Wildman–Crippen LogP) is 2.85. The number of anilines is 2. The minimum atomic E-state index is 0. The van der Waals surface area contributed by atoms with Gasteiger partial charge in [-0.2, -0.15) is 0 Å². The molecule has 4 nitrogen and oxygen atoms in total. The van der Waals surface area contributed by atoms with E-state index < -0.39 is 0 Å². The Morgan fingerprint density at radius 1 is 1.33 bits per heavy atom. The molecule has 0 saturated carbocycles. The Labute approximate surface area is 129 Å². The standard InChI is InChI=1S/C12H17N3OS.HI/c1-17-12(13)14-10-4-2-3-5-11(10)15-6-8-16-9-7-15;/h2-5H,6-9H2,1H3,(H2,13,14);1H. The fourth-order valence-corrected chi connectivity index (χ4v) is 2.04. The highest BCUT2D eigenvalue weighted by Crippen LogP contribution is 2.26. The molecule has 2 rings (SSSR count). The quantitative estimate of drug-likeness (QED) is 0.471. The summed E-state index contributed by atoms with van der Waals surface area (Å²) in [6.07, 6.45) is 1.90. The van der Waals surface area contributed by atoms with Crippen LogP contribution in [0, 0.1) is 5.41 Å². The van der Waals surface area contributed by atoms with Crippen molar-refractivity contribution in [2.45, 2.75) is 0 Å². The van der Waals surface area contributed by atoms with E-state index in [4.69, 9.17) is 10.1 Å². The van der Waals surface area contributed by atoms with Gasteiger partial charge in [0.25, 0.3) is 0 Å². The molecule has 0 spiro atoms. The lowest BCUT2D eigenvalue weighted by molar-refractivity contribution is 0.123. The third-order valence-electron chi connectivity index (χ3n) is 2.71. The first-order valence-corrected chi connectivity index (χ1v) is 6.85. The fraction of sp³-hybridized carbons (Fsp3) is 0.417. The summed E-state index contributed by atoms with van der Waals surface area (Å²) in [6.45, 7) is 3.36. The van der Waals surface area contributed by atoms with E-state index in [2.05, 4.69) is 16.3 Å². The van der Waals surface area contributed by atoms with Crippen LogP contribution in [0.2, 0.25) is 0 Å². The molecule has 0 aromatic heterocycles. The molecular formula is C12H18IN3OS. The summed E-state index contributed by atoms with van der Waals surface area (Å²) in [5.41, 5.74) is 2.14. The molecule has 1 fully saturated rings. The van der Waals surface area contributed by atoms with Crippen molar-refractivity contribution in [3.05, 3.63) is 24.3 Å². The molecule has 6 heteroatoms.